The standard InChI is InChI=1S/C22H24N2O6Si/c1-5-30-19-11-14(9-10-18(19)29-3)17(12-31(4)28)24-21(26)15-7-6-8-16(23-13(2)25)20(15)22(24)27/h6-11,17H,5,12H2,1-4H3,(H,23,25). The lowest BCUT2D eigenvalue weighted by molar-refractivity contribution is -0.114. The van der Waals surface area contributed by atoms with Crippen molar-refractivity contribution >= 4 is 32.1 Å². The van der Waals surface area contributed by atoms with Gasteiger partial charge in [0, 0.05) is 13.0 Å². The van der Waals surface area contributed by atoms with Crippen molar-refractivity contribution in [2.24, 2.45) is 0 Å². The fraction of sp³-hybridized carbons (Fsp3) is 0.318. The molecule has 2 aromatic carbocycles. The van der Waals surface area contributed by atoms with E-state index in [0.29, 0.717) is 23.7 Å². The number of rotatable bonds is 8. The van der Waals surface area contributed by atoms with Crippen molar-refractivity contribution < 1.29 is 28.3 Å². The van der Waals surface area contributed by atoms with Gasteiger partial charge in [-0.3, -0.25) is 19.3 Å². The third-order valence-electron chi connectivity index (χ3n) is 4.92. The highest BCUT2D eigenvalue weighted by Crippen LogP contribution is 2.39. The number of ether oxygens (including phenoxy) is 2. The van der Waals surface area contributed by atoms with Crippen molar-refractivity contribution in [3.05, 3.63) is 53.1 Å². The molecule has 0 radical (unpaired) electrons. The first-order valence-corrected chi connectivity index (χ1v) is 12.0. The van der Waals surface area contributed by atoms with E-state index in [0.717, 1.165) is 4.90 Å². The highest BCUT2D eigenvalue weighted by atomic mass is 28.3. The predicted octanol–water partition coefficient (Wildman–Crippen LogP) is 3.44. The molecule has 31 heavy (non-hydrogen) atoms. The molecule has 1 aliphatic heterocycles. The van der Waals surface area contributed by atoms with E-state index < -0.39 is 26.5 Å². The Morgan fingerprint density at radius 1 is 1.16 bits per heavy atom. The van der Waals surface area contributed by atoms with Gasteiger partial charge >= 0.3 is 0 Å². The lowest BCUT2D eigenvalue weighted by atomic mass is 10.1. The van der Waals surface area contributed by atoms with Crippen molar-refractivity contribution in [1.82, 2.24) is 4.90 Å². The molecule has 1 unspecified atom stereocenters. The first-order chi connectivity index (χ1) is 14.8. The molecule has 1 heterocycles. The van der Waals surface area contributed by atoms with E-state index in [1.54, 1.807) is 42.9 Å². The van der Waals surface area contributed by atoms with Gasteiger partial charge < -0.3 is 19.3 Å². The van der Waals surface area contributed by atoms with E-state index in [1.807, 2.05) is 6.92 Å². The quantitative estimate of drug-likeness (QED) is 0.498. The average molecular weight is 441 g/mol. The predicted molar refractivity (Wildman–Crippen MR) is 115 cm³/mol. The summed E-state index contributed by atoms with van der Waals surface area (Å²) >= 11 is 0. The summed E-state index contributed by atoms with van der Waals surface area (Å²) in [5.41, 5.74) is 1.23. The summed E-state index contributed by atoms with van der Waals surface area (Å²) in [5, 5.41) is 2.61. The second-order valence-corrected chi connectivity index (χ2v) is 8.97. The Balaban J connectivity index is 2.09. The molecule has 1 N–H and O–H groups in total. The Labute approximate surface area is 181 Å². The van der Waals surface area contributed by atoms with Gasteiger partial charge in [0.2, 0.25) is 5.91 Å². The first kappa shape index (κ1) is 22.4. The molecule has 0 saturated heterocycles. The monoisotopic (exact) mass is 440 g/mol. The number of hydrogen-bond donors (Lipinski definition) is 1. The van der Waals surface area contributed by atoms with Gasteiger partial charge in [-0.05, 0) is 43.3 Å². The SMILES string of the molecule is CCOc1cc(C(C[Si](C)=O)N2C(=O)c3cccc(NC(C)=O)c3C2=O)ccc1OC. The number of benzene rings is 2. The summed E-state index contributed by atoms with van der Waals surface area (Å²) in [7, 11) is -0.535. The molecule has 0 aromatic heterocycles. The molecular formula is C22H24N2O6Si. The lowest BCUT2D eigenvalue weighted by Gasteiger charge is -2.26. The fourth-order valence-corrected chi connectivity index (χ4v) is 4.64. The Morgan fingerprint density at radius 2 is 1.90 bits per heavy atom. The van der Waals surface area contributed by atoms with Crippen LogP contribution in [0.15, 0.2) is 36.4 Å². The third-order valence-corrected chi connectivity index (χ3v) is 5.88. The molecule has 1 atom stereocenters. The van der Waals surface area contributed by atoms with E-state index in [9.17, 15) is 18.8 Å². The Kier molecular flexibility index (Phi) is 6.64. The van der Waals surface area contributed by atoms with E-state index in [2.05, 4.69) is 5.32 Å². The summed E-state index contributed by atoms with van der Waals surface area (Å²) in [4.78, 5) is 39.3. The van der Waals surface area contributed by atoms with E-state index in [4.69, 9.17) is 9.47 Å². The fourth-order valence-electron chi connectivity index (χ4n) is 3.68. The zero-order valence-corrected chi connectivity index (χ0v) is 18.9. The maximum absolute atomic E-state index is 13.3. The molecule has 2 aromatic rings. The Morgan fingerprint density at radius 3 is 2.52 bits per heavy atom. The van der Waals surface area contributed by atoms with Crippen LogP contribution in [0.3, 0.4) is 0 Å². The van der Waals surface area contributed by atoms with Crippen molar-refractivity contribution in [3.8, 4) is 11.5 Å². The van der Waals surface area contributed by atoms with Crippen LogP contribution in [0.25, 0.3) is 0 Å². The number of carbonyl (C=O) groups is 3. The molecule has 9 heteroatoms. The van der Waals surface area contributed by atoms with Crippen LogP contribution >= 0.6 is 0 Å². The molecule has 8 nitrogen and oxygen atoms in total. The van der Waals surface area contributed by atoms with Crippen LogP contribution in [0.1, 0.15) is 46.2 Å². The molecular weight excluding hydrogens is 416 g/mol. The number of carbonyl (C=O) groups excluding carboxylic acids is 3. The highest BCUT2D eigenvalue weighted by molar-refractivity contribution is 6.41. The normalized spacial score (nSPS) is 13.6. The first-order valence-electron chi connectivity index (χ1n) is 9.87. The number of nitrogens with zero attached hydrogens (tertiary/aromatic N) is 1. The lowest BCUT2D eigenvalue weighted by Crippen LogP contribution is -2.35. The van der Waals surface area contributed by atoms with E-state index >= 15 is 0 Å². The van der Waals surface area contributed by atoms with E-state index in [1.165, 1.54) is 14.0 Å². The van der Waals surface area contributed by atoms with Crippen molar-refractivity contribution in [2.75, 3.05) is 19.0 Å². The number of nitrogens with one attached hydrogen (secondary N) is 1. The van der Waals surface area contributed by atoms with Gasteiger partial charge in [-0.15, -0.1) is 0 Å². The second kappa shape index (κ2) is 9.21. The van der Waals surface area contributed by atoms with Gasteiger partial charge in [-0.25, -0.2) is 0 Å². The molecule has 3 rings (SSSR count). The highest BCUT2D eigenvalue weighted by Gasteiger charge is 2.42. The zero-order chi connectivity index (χ0) is 22.7. The van der Waals surface area contributed by atoms with Crippen LogP contribution in [0.2, 0.25) is 12.6 Å². The molecule has 0 fully saturated rings. The van der Waals surface area contributed by atoms with Crippen molar-refractivity contribution in [3.63, 3.8) is 0 Å². The van der Waals surface area contributed by atoms with Crippen LogP contribution in [-0.2, 0) is 9.26 Å². The van der Waals surface area contributed by atoms with Crippen LogP contribution in [0.5, 0.6) is 11.5 Å². The molecule has 0 saturated carbocycles. The molecule has 162 valence electrons. The van der Waals surface area contributed by atoms with E-state index in [-0.39, 0.29) is 28.8 Å². The van der Waals surface area contributed by atoms with Crippen LogP contribution < -0.4 is 14.8 Å². The van der Waals surface area contributed by atoms with Crippen molar-refractivity contribution in [2.45, 2.75) is 32.5 Å². The van der Waals surface area contributed by atoms with Gasteiger partial charge in [0.1, 0.15) is 0 Å². The van der Waals surface area contributed by atoms with Gasteiger partial charge in [0.25, 0.3) is 20.5 Å². The van der Waals surface area contributed by atoms with Gasteiger partial charge in [0.05, 0.1) is 36.6 Å². The molecule has 1 aliphatic rings. The number of hydrogen-bond acceptors (Lipinski definition) is 6. The minimum Gasteiger partial charge on any atom is -0.493 e. The summed E-state index contributed by atoms with van der Waals surface area (Å²) < 4.78 is 23.2. The summed E-state index contributed by atoms with van der Waals surface area (Å²) in [6.07, 6.45) is 0. The minimum absolute atomic E-state index is 0.128. The van der Waals surface area contributed by atoms with Crippen LogP contribution in [0, 0.1) is 0 Å². The number of amides is 3. The molecule has 0 spiro atoms. The number of methoxy groups -OCH3 is 1. The Hall–Kier alpha value is -3.33. The minimum atomic E-state index is -2.06. The maximum atomic E-state index is 13.3. The molecule has 0 aliphatic carbocycles. The summed E-state index contributed by atoms with van der Waals surface area (Å²) in [5.74, 6) is -0.387. The van der Waals surface area contributed by atoms with Gasteiger partial charge in [-0.2, -0.15) is 0 Å². The van der Waals surface area contributed by atoms with Gasteiger partial charge in [0.15, 0.2) is 11.5 Å². The third kappa shape index (κ3) is 4.41. The largest absolute Gasteiger partial charge is 0.493 e. The van der Waals surface area contributed by atoms with Crippen LogP contribution in [-0.4, -0.2) is 45.0 Å². The maximum Gasteiger partial charge on any atom is 0.275 e. The second-order valence-electron chi connectivity index (χ2n) is 7.15. The van der Waals surface area contributed by atoms with Crippen molar-refractivity contribution in [1.29, 1.82) is 0 Å². The average Bonchev–Trinajstić information content (AvgIpc) is 2.97. The smallest absolute Gasteiger partial charge is 0.275 e. The van der Waals surface area contributed by atoms with Gasteiger partial charge in [-0.1, -0.05) is 12.1 Å². The Bertz CT molecular complexity index is 1070. The number of anilines is 1. The molecule has 0 bridgehead atoms. The summed E-state index contributed by atoms with van der Waals surface area (Å²) in [6.45, 7) is 5.16. The zero-order valence-electron chi connectivity index (χ0n) is 17.9. The number of imide groups is 1. The topological polar surface area (TPSA) is 102 Å². The number of fused-ring (bicyclic) bond motifs is 1. The van der Waals surface area contributed by atoms with Crippen LogP contribution in [0.4, 0.5) is 5.69 Å². The molecule has 3 amide bonds. The summed E-state index contributed by atoms with van der Waals surface area (Å²) in [6, 6.07) is 9.24.